The van der Waals surface area contributed by atoms with Gasteiger partial charge in [-0.3, -0.25) is 4.90 Å². The van der Waals surface area contributed by atoms with Crippen molar-refractivity contribution in [2.45, 2.75) is 52.2 Å². The predicted octanol–water partition coefficient (Wildman–Crippen LogP) is 1.81. The molecule has 3 atom stereocenters. The zero-order chi connectivity index (χ0) is 10.0. The van der Waals surface area contributed by atoms with E-state index in [0.29, 0.717) is 12.1 Å². The van der Waals surface area contributed by atoms with E-state index >= 15 is 0 Å². The lowest BCUT2D eigenvalue weighted by Crippen LogP contribution is -2.58. The van der Waals surface area contributed by atoms with Crippen LogP contribution in [0, 0.1) is 0 Å². The lowest BCUT2D eigenvalue weighted by molar-refractivity contribution is 0.0259. The smallest absolute Gasteiger partial charge is 0.0223 e. The Morgan fingerprint density at radius 3 is 2.38 bits per heavy atom. The van der Waals surface area contributed by atoms with Crippen LogP contribution in [-0.4, -0.2) is 48.1 Å². The minimum absolute atomic E-state index is 0.697. The Balaban J connectivity index is 2.58. The van der Waals surface area contributed by atoms with Crippen molar-refractivity contribution in [2.24, 2.45) is 0 Å². The van der Waals surface area contributed by atoms with E-state index in [1.807, 2.05) is 0 Å². The number of hydrogen-bond donors (Lipinski definition) is 0. The maximum absolute atomic E-state index is 2.64. The van der Waals surface area contributed by atoms with Gasteiger partial charge in [0.25, 0.3) is 0 Å². The molecule has 1 fully saturated rings. The van der Waals surface area contributed by atoms with Crippen LogP contribution in [0.1, 0.15) is 34.1 Å². The van der Waals surface area contributed by atoms with Gasteiger partial charge < -0.3 is 4.90 Å². The fraction of sp³-hybridized carbons (Fsp3) is 1.00. The second-order valence-corrected chi connectivity index (χ2v) is 4.46. The molecule has 1 saturated heterocycles. The first kappa shape index (κ1) is 11.0. The quantitative estimate of drug-likeness (QED) is 0.646. The lowest BCUT2D eigenvalue weighted by Gasteiger charge is -2.46. The molecule has 0 saturated carbocycles. The molecule has 78 valence electrons. The first-order chi connectivity index (χ1) is 6.07. The maximum atomic E-state index is 2.64. The molecule has 1 aliphatic rings. The van der Waals surface area contributed by atoms with Gasteiger partial charge in [-0.25, -0.2) is 0 Å². The average Bonchev–Trinajstić information content (AvgIpc) is 2.13. The summed E-state index contributed by atoms with van der Waals surface area (Å²) in [5, 5.41) is 0. The Labute approximate surface area is 82.9 Å². The van der Waals surface area contributed by atoms with Crippen molar-refractivity contribution in [2.75, 3.05) is 20.1 Å². The van der Waals surface area contributed by atoms with Gasteiger partial charge in [-0.05, 0) is 34.2 Å². The first-order valence-corrected chi connectivity index (χ1v) is 5.54. The Morgan fingerprint density at radius 2 is 1.85 bits per heavy atom. The second kappa shape index (κ2) is 4.43. The highest BCUT2D eigenvalue weighted by atomic mass is 15.3. The summed E-state index contributed by atoms with van der Waals surface area (Å²) in [5.41, 5.74) is 0. The van der Waals surface area contributed by atoms with Gasteiger partial charge in [0.1, 0.15) is 0 Å². The summed E-state index contributed by atoms with van der Waals surface area (Å²) in [7, 11) is 2.23. The van der Waals surface area contributed by atoms with Crippen molar-refractivity contribution >= 4 is 0 Å². The van der Waals surface area contributed by atoms with Crippen molar-refractivity contribution in [3.05, 3.63) is 0 Å². The highest BCUT2D eigenvalue weighted by molar-refractivity contribution is 4.86. The fourth-order valence-electron chi connectivity index (χ4n) is 2.18. The third-order valence-corrected chi connectivity index (χ3v) is 3.78. The topological polar surface area (TPSA) is 6.48 Å². The Bertz CT molecular complexity index is 158. The number of rotatable bonds is 2. The molecule has 0 aromatic rings. The molecule has 2 nitrogen and oxygen atoms in total. The monoisotopic (exact) mass is 184 g/mol. The molecule has 0 aromatic carbocycles. The summed E-state index contributed by atoms with van der Waals surface area (Å²) in [6.45, 7) is 11.8. The summed E-state index contributed by atoms with van der Waals surface area (Å²) >= 11 is 0. The molecule has 13 heavy (non-hydrogen) atoms. The molecular weight excluding hydrogens is 160 g/mol. The molecule has 0 radical (unpaired) electrons. The maximum Gasteiger partial charge on any atom is 0.0223 e. The van der Waals surface area contributed by atoms with Gasteiger partial charge in [0.2, 0.25) is 0 Å². The van der Waals surface area contributed by atoms with E-state index in [1.54, 1.807) is 0 Å². The minimum atomic E-state index is 0.697. The van der Waals surface area contributed by atoms with Crippen LogP contribution in [0.15, 0.2) is 0 Å². The van der Waals surface area contributed by atoms with Crippen LogP contribution in [0.5, 0.6) is 0 Å². The minimum Gasteiger partial charge on any atom is -0.301 e. The lowest BCUT2D eigenvalue weighted by atomic mass is 10.0. The van der Waals surface area contributed by atoms with Crippen molar-refractivity contribution in [3.8, 4) is 0 Å². The highest BCUT2D eigenvalue weighted by Gasteiger charge is 2.30. The van der Waals surface area contributed by atoms with Gasteiger partial charge >= 0.3 is 0 Å². The highest BCUT2D eigenvalue weighted by Crippen LogP contribution is 2.18. The molecular formula is C11H24N2. The summed E-state index contributed by atoms with van der Waals surface area (Å²) < 4.78 is 0. The van der Waals surface area contributed by atoms with Crippen LogP contribution >= 0.6 is 0 Å². The van der Waals surface area contributed by atoms with E-state index in [0.717, 1.165) is 6.04 Å². The number of nitrogens with zero attached hydrogens (tertiary/aromatic N) is 2. The van der Waals surface area contributed by atoms with Crippen molar-refractivity contribution in [3.63, 3.8) is 0 Å². The van der Waals surface area contributed by atoms with E-state index < -0.39 is 0 Å². The molecule has 0 aromatic heterocycles. The van der Waals surface area contributed by atoms with E-state index in [4.69, 9.17) is 0 Å². The van der Waals surface area contributed by atoms with Gasteiger partial charge in [0, 0.05) is 31.2 Å². The van der Waals surface area contributed by atoms with Crippen LogP contribution in [0.25, 0.3) is 0 Å². The van der Waals surface area contributed by atoms with Gasteiger partial charge in [-0.15, -0.1) is 0 Å². The van der Waals surface area contributed by atoms with Crippen LogP contribution in [0.2, 0.25) is 0 Å². The molecule has 0 spiro atoms. The fourth-order valence-corrected chi connectivity index (χ4v) is 2.18. The normalized spacial score (nSPS) is 34.8. The third kappa shape index (κ3) is 2.23. The van der Waals surface area contributed by atoms with Gasteiger partial charge in [0.15, 0.2) is 0 Å². The van der Waals surface area contributed by atoms with E-state index in [1.165, 1.54) is 19.5 Å². The predicted molar refractivity (Wildman–Crippen MR) is 58.0 cm³/mol. The average molecular weight is 184 g/mol. The molecule has 1 heterocycles. The molecule has 0 aliphatic carbocycles. The van der Waals surface area contributed by atoms with Crippen LogP contribution in [0.3, 0.4) is 0 Å². The molecule has 0 amide bonds. The molecule has 3 unspecified atom stereocenters. The molecule has 0 bridgehead atoms. The summed E-state index contributed by atoms with van der Waals surface area (Å²) in [5.74, 6) is 0. The van der Waals surface area contributed by atoms with E-state index in [-0.39, 0.29) is 0 Å². The summed E-state index contributed by atoms with van der Waals surface area (Å²) in [6.07, 6.45) is 1.26. The Kier molecular flexibility index (Phi) is 3.74. The first-order valence-electron chi connectivity index (χ1n) is 5.54. The molecule has 1 rings (SSSR count). The summed E-state index contributed by atoms with van der Waals surface area (Å²) in [6, 6.07) is 2.14. The SMILES string of the molecule is CCC(C)N1CCN(C)C(C)C1C. The third-order valence-electron chi connectivity index (χ3n) is 3.78. The largest absolute Gasteiger partial charge is 0.301 e. The van der Waals surface area contributed by atoms with Crippen LogP contribution in [0.4, 0.5) is 0 Å². The Morgan fingerprint density at radius 1 is 1.23 bits per heavy atom. The van der Waals surface area contributed by atoms with Crippen molar-refractivity contribution in [1.82, 2.24) is 9.80 Å². The zero-order valence-electron chi connectivity index (χ0n) is 9.75. The molecule has 1 aliphatic heterocycles. The Hall–Kier alpha value is -0.0800. The summed E-state index contributed by atoms with van der Waals surface area (Å²) in [4.78, 5) is 5.11. The standard InChI is InChI=1S/C11H24N2/c1-6-9(2)13-8-7-12(5)10(3)11(13)4/h9-11H,6-8H2,1-5H3. The van der Waals surface area contributed by atoms with Crippen LogP contribution in [-0.2, 0) is 0 Å². The second-order valence-electron chi connectivity index (χ2n) is 4.46. The zero-order valence-corrected chi connectivity index (χ0v) is 9.75. The number of likely N-dealkylation sites (N-methyl/N-ethyl adjacent to an activating group) is 1. The molecule has 0 N–H and O–H groups in total. The van der Waals surface area contributed by atoms with Crippen LogP contribution < -0.4 is 0 Å². The van der Waals surface area contributed by atoms with Crippen molar-refractivity contribution < 1.29 is 0 Å². The van der Waals surface area contributed by atoms with E-state index in [9.17, 15) is 0 Å². The molecule has 2 heteroatoms. The van der Waals surface area contributed by atoms with Crippen molar-refractivity contribution in [1.29, 1.82) is 0 Å². The number of piperazine rings is 1. The van der Waals surface area contributed by atoms with Gasteiger partial charge in [-0.2, -0.15) is 0 Å². The van der Waals surface area contributed by atoms with Gasteiger partial charge in [0.05, 0.1) is 0 Å². The van der Waals surface area contributed by atoms with E-state index in [2.05, 4.69) is 44.5 Å². The number of hydrogen-bond acceptors (Lipinski definition) is 2. The van der Waals surface area contributed by atoms with Gasteiger partial charge in [-0.1, -0.05) is 6.92 Å².